The lowest BCUT2D eigenvalue weighted by atomic mass is 10.0. The van der Waals surface area contributed by atoms with Gasteiger partial charge in [0.25, 0.3) is 5.91 Å². The van der Waals surface area contributed by atoms with Crippen LogP contribution >= 0.6 is 0 Å². The van der Waals surface area contributed by atoms with Crippen LogP contribution in [0.15, 0.2) is 71.5 Å². The number of imidazole rings is 1. The summed E-state index contributed by atoms with van der Waals surface area (Å²) in [6, 6.07) is 18.5. The molecule has 1 fully saturated rings. The third-order valence-corrected chi connectivity index (χ3v) is 7.70. The minimum atomic E-state index is -1.13. The molecule has 1 atom stereocenters. The van der Waals surface area contributed by atoms with Crippen molar-refractivity contribution in [2.75, 3.05) is 18.4 Å². The van der Waals surface area contributed by atoms with Gasteiger partial charge in [-0.2, -0.15) is 0 Å². The maximum Gasteiger partial charge on any atom is 0.326 e. The predicted molar refractivity (Wildman–Crippen MR) is 156 cm³/mol. The number of likely N-dealkylation sites (tertiary alicyclic amines) is 1. The second kappa shape index (κ2) is 11.7. The molecule has 4 N–H and O–H groups in total. The Hall–Kier alpha value is -4.86. The summed E-state index contributed by atoms with van der Waals surface area (Å²) in [6.07, 6.45) is 1.26. The SMILES string of the molecule is Cc1cccc(C)c1C(=O)Nc1ccc(CC(NC(=O)N2CCC(n3c(=O)[nH]c4ccccc43)CC2)C(=O)O)cc1. The van der Waals surface area contributed by atoms with Gasteiger partial charge in [0.15, 0.2) is 0 Å². The van der Waals surface area contributed by atoms with E-state index in [1.54, 1.807) is 33.7 Å². The quantitative estimate of drug-likeness (QED) is 0.270. The van der Waals surface area contributed by atoms with Crippen molar-refractivity contribution in [1.82, 2.24) is 19.8 Å². The molecule has 10 nitrogen and oxygen atoms in total. The highest BCUT2D eigenvalue weighted by Crippen LogP contribution is 2.25. The predicted octanol–water partition coefficient (Wildman–Crippen LogP) is 4.24. The number of hydrogen-bond acceptors (Lipinski definition) is 4. The van der Waals surface area contributed by atoms with E-state index in [0.717, 1.165) is 22.2 Å². The van der Waals surface area contributed by atoms with Gasteiger partial charge in [-0.25, -0.2) is 14.4 Å². The number of amides is 3. The molecule has 2 heterocycles. The van der Waals surface area contributed by atoms with Crippen LogP contribution in [0, 0.1) is 13.8 Å². The summed E-state index contributed by atoms with van der Waals surface area (Å²) >= 11 is 0. The van der Waals surface area contributed by atoms with Gasteiger partial charge in [0, 0.05) is 36.8 Å². The molecular weight excluding hydrogens is 522 g/mol. The van der Waals surface area contributed by atoms with E-state index in [4.69, 9.17) is 0 Å². The molecule has 0 aliphatic carbocycles. The first-order valence-corrected chi connectivity index (χ1v) is 13.6. The molecule has 1 aliphatic rings. The Balaban J connectivity index is 1.17. The Kier molecular flexibility index (Phi) is 7.91. The van der Waals surface area contributed by atoms with Crippen molar-refractivity contribution in [2.45, 2.75) is 45.2 Å². The number of fused-ring (bicyclic) bond motifs is 1. The Morgan fingerprint density at radius 2 is 1.61 bits per heavy atom. The fourth-order valence-corrected chi connectivity index (χ4v) is 5.53. The van der Waals surface area contributed by atoms with Crippen LogP contribution in [0.2, 0.25) is 0 Å². The fraction of sp³-hybridized carbons (Fsp3) is 0.290. The number of benzene rings is 3. The molecule has 0 saturated carbocycles. The number of para-hydroxylation sites is 2. The Morgan fingerprint density at radius 1 is 0.951 bits per heavy atom. The Labute approximate surface area is 237 Å². The summed E-state index contributed by atoms with van der Waals surface area (Å²) in [7, 11) is 0. The summed E-state index contributed by atoms with van der Waals surface area (Å²) in [5, 5.41) is 15.3. The lowest BCUT2D eigenvalue weighted by Gasteiger charge is -2.33. The Bertz CT molecular complexity index is 1630. The summed E-state index contributed by atoms with van der Waals surface area (Å²) in [5.74, 6) is -1.34. The maximum atomic E-state index is 13.0. The number of H-pyrrole nitrogens is 1. The van der Waals surface area contributed by atoms with Crippen LogP contribution < -0.4 is 16.3 Å². The molecule has 1 saturated heterocycles. The number of urea groups is 1. The molecule has 0 radical (unpaired) electrons. The number of nitrogens with zero attached hydrogens (tertiary/aromatic N) is 2. The smallest absolute Gasteiger partial charge is 0.326 e. The van der Waals surface area contributed by atoms with Gasteiger partial charge in [-0.3, -0.25) is 9.36 Å². The summed E-state index contributed by atoms with van der Waals surface area (Å²) in [4.78, 5) is 54.8. The van der Waals surface area contributed by atoms with Crippen LogP contribution in [0.25, 0.3) is 11.0 Å². The van der Waals surface area contributed by atoms with Crippen LogP contribution in [0.4, 0.5) is 10.5 Å². The maximum absolute atomic E-state index is 13.0. The van der Waals surface area contributed by atoms with Gasteiger partial charge in [0.1, 0.15) is 6.04 Å². The van der Waals surface area contributed by atoms with E-state index in [1.807, 2.05) is 56.3 Å². The van der Waals surface area contributed by atoms with E-state index < -0.39 is 18.0 Å². The lowest BCUT2D eigenvalue weighted by Crippen LogP contribution is -2.51. The number of carbonyl (C=O) groups excluding carboxylic acids is 2. The first kappa shape index (κ1) is 27.7. The molecule has 1 aromatic heterocycles. The molecule has 10 heteroatoms. The molecule has 5 rings (SSSR count). The van der Waals surface area contributed by atoms with Crippen LogP contribution in [-0.2, 0) is 11.2 Å². The van der Waals surface area contributed by atoms with Crippen molar-refractivity contribution in [2.24, 2.45) is 0 Å². The van der Waals surface area contributed by atoms with Crippen molar-refractivity contribution >= 4 is 34.6 Å². The minimum absolute atomic E-state index is 0.0494. The number of nitrogens with one attached hydrogen (secondary N) is 3. The zero-order valence-corrected chi connectivity index (χ0v) is 23.0. The van der Waals surface area contributed by atoms with Gasteiger partial charge >= 0.3 is 17.7 Å². The van der Waals surface area contributed by atoms with Crippen molar-refractivity contribution in [3.05, 3.63) is 99.5 Å². The molecule has 1 aliphatic heterocycles. The van der Waals surface area contributed by atoms with Crippen molar-refractivity contribution < 1.29 is 19.5 Å². The van der Waals surface area contributed by atoms with E-state index in [0.29, 0.717) is 42.7 Å². The first-order valence-electron chi connectivity index (χ1n) is 13.6. The molecule has 0 spiro atoms. The van der Waals surface area contributed by atoms with E-state index >= 15 is 0 Å². The summed E-state index contributed by atoms with van der Waals surface area (Å²) in [5.41, 5.74) is 5.14. The van der Waals surface area contributed by atoms with Gasteiger partial charge in [-0.1, -0.05) is 42.5 Å². The van der Waals surface area contributed by atoms with Crippen LogP contribution in [0.5, 0.6) is 0 Å². The number of anilines is 1. The number of aryl methyl sites for hydroxylation is 2. The molecule has 3 amide bonds. The van der Waals surface area contributed by atoms with E-state index in [1.165, 1.54) is 0 Å². The highest BCUT2D eigenvalue weighted by molar-refractivity contribution is 6.06. The highest BCUT2D eigenvalue weighted by atomic mass is 16.4. The molecule has 212 valence electrons. The first-order chi connectivity index (χ1) is 19.7. The fourth-order valence-electron chi connectivity index (χ4n) is 5.53. The van der Waals surface area contributed by atoms with Crippen molar-refractivity contribution in [3.63, 3.8) is 0 Å². The van der Waals surface area contributed by atoms with E-state index in [9.17, 15) is 24.3 Å². The van der Waals surface area contributed by atoms with Crippen LogP contribution in [0.3, 0.4) is 0 Å². The number of aromatic nitrogens is 2. The van der Waals surface area contributed by atoms with Gasteiger partial charge in [-0.05, 0) is 67.6 Å². The zero-order valence-electron chi connectivity index (χ0n) is 23.0. The number of piperidine rings is 1. The van der Waals surface area contributed by atoms with E-state index in [2.05, 4.69) is 15.6 Å². The minimum Gasteiger partial charge on any atom is -0.480 e. The van der Waals surface area contributed by atoms with E-state index in [-0.39, 0.29) is 24.1 Å². The molecular formula is C31H33N5O5. The largest absolute Gasteiger partial charge is 0.480 e. The monoisotopic (exact) mass is 555 g/mol. The molecule has 1 unspecified atom stereocenters. The summed E-state index contributed by atoms with van der Waals surface area (Å²) in [6.45, 7) is 4.59. The molecule has 3 aromatic carbocycles. The molecule has 41 heavy (non-hydrogen) atoms. The zero-order chi connectivity index (χ0) is 29.1. The second-order valence-corrected chi connectivity index (χ2v) is 10.5. The number of carbonyl (C=O) groups is 3. The normalized spacial score (nSPS) is 14.5. The number of aromatic amines is 1. The highest BCUT2D eigenvalue weighted by Gasteiger charge is 2.29. The topological polar surface area (TPSA) is 137 Å². The van der Waals surface area contributed by atoms with Crippen molar-refractivity contribution in [1.29, 1.82) is 0 Å². The van der Waals surface area contributed by atoms with Crippen LogP contribution in [0.1, 0.15) is 45.9 Å². The average Bonchev–Trinajstić information content (AvgIpc) is 3.29. The van der Waals surface area contributed by atoms with Crippen molar-refractivity contribution in [3.8, 4) is 0 Å². The van der Waals surface area contributed by atoms with Crippen LogP contribution in [-0.4, -0.2) is 56.6 Å². The summed E-state index contributed by atoms with van der Waals surface area (Å²) < 4.78 is 1.75. The third-order valence-electron chi connectivity index (χ3n) is 7.70. The standard InChI is InChI=1S/C31H33N5O5/c1-19-6-5-7-20(2)27(19)28(37)32-22-12-10-21(11-13-22)18-25(29(38)39)34-30(40)35-16-14-23(15-17-35)36-26-9-4-3-8-24(26)33-31(36)41/h3-13,23,25H,14-18H2,1-2H3,(H,32,37)(H,33,41)(H,34,40)(H,38,39). The number of hydrogen-bond donors (Lipinski definition) is 4. The van der Waals surface area contributed by atoms with Gasteiger partial charge in [-0.15, -0.1) is 0 Å². The lowest BCUT2D eigenvalue weighted by molar-refractivity contribution is -0.139. The number of aliphatic carboxylic acids is 1. The molecule has 4 aromatic rings. The van der Waals surface area contributed by atoms with Gasteiger partial charge in [0.05, 0.1) is 11.0 Å². The van der Waals surface area contributed by atoms with Gasteiger partial charge < -0.3 is 25.6 Å². The third kappa shape index (κ3) is 6.01. The number of rotatable bonds is 7. The average molecular weight is 556 g/mol. The number of carboxylic acids is 1. The van der Waals surface area contributed by atoms with Gasteiger partial charge in [0.2, 0.25) is 0 Å². The number of carboxylic acid groups (broad SMARTS) is 1. The second-order valence-electron chi connectivity index (χ2n) is 10.5. The molecule has 0 bridgehead atoms. The Morgan fingerprint density at radius 3 is 2.27 bits per heavy atom.